The van der Waals surface area contributed by atoms with E-state index in [1.54, 1.807) is 25.4 Å². The number of halogens is 3. The van der Waals surface area contributed by atoms with E-state index in [0.29, 0.717) is 16.8 Å². The molecular weight excluding hydrogens is 421 g/mol. The second-order valence-corrected chi connectivity index (χ2v) is 7.01. The SMILES string of the molecule is Cc1ccc(C(=O)Nc2ccc(C)c(C(F)(F)F)c2)cc1NC(=O)/C=C/c1cncnc1. The first kappa shape index (κ1) is 22.7. The lowest BCUT2D eigenvalue weighted by Gasteiger charge is -2.13. The van der Waals surface area contributed by atoms with Crippen LogP contribution in [0.1, 0.15) is 32.6 Å². The summed E-state index contributed by atoms with van der Waals surface area (Å²) in [6.07, 6.45) is 2.78. The van der Waals surface area contributed by atoms with E-state index in [1.165, 1.54) is 49.7 Å². The first-order valence-corrected chi connectivity index (χ1v) is 9.47. The van der Waals surface area contributed by atoms with Crippen LogP contribution in [0.25, 0.3) is 6.08 Å². The molecule has 1 aromatic heterocycles. The molecule has 0 aliphatic heterocycles. The lowest BCUT2D eigenvalue weighted by atomic mass is 10.1. The molecule has 0 atom stereocenters. The fraction of sp³-hybridized carbons (Fsp3) is 0.130. The smallest absolute Gasteiger partial charge is 0.322 e. The minimum absolute atomic E-state index is 0.0205. The number of hydrogen-bond acceptors (Lipinski definition) is 4. The van der Waals surface area contributed by atoms with Crippen LogP contribution in [0, 0.1) is 13.8 Å². The van der Waals surface area contributed by atoms with Crippen molar-refractivity contribution in [2.24, 2.45) is 0 Å². The van der Waals surface area contributed by atoms with Crippen molar-refractivity contribution >= 4 is 29.3 Å². The van der Waals surface area contributed by atoms with Crippen LogP contribution in [0.2, 0.25) is 0 Å². The normalized spacial score (nSPS) is 11.4. The number of carbonyl (C=O) groups excluding carboxylic acids is 2. The number of nitrogens with one attached hydrogen (secondary N) is 2. The monoisotopic (exact) mass is 440 g/mol. The summed E-state index contributed by atoms with van der Waals surface area (Å²) in [5, 5.41) is 5.15. The van der Waals surface area contributed by atoms with Crippen molar-refractivity contribution in [3.63, 3.8) is 0 Å². The van der Waals surface area contributed by atoms with Crippen LogP contribution < -0.4 is 10.6 Å². The molecule has 0 bridgehead atoms. The third-order valence-corrected chi connectivity index (χ3v) is 4.57. The van der Waals surface area contributed by atoms with E-state index in [4.69, 9.17) is 0 Å². The number of nitrogens with zero attached hydrogens (tertiary/aromatic N) is 2. The molecule has 9 heteroatoms. The van der Waals surface area contributed by atoms with Crippen molar-refractivity contribution in [2.45, 2.75) is 20.0 Å². The van der Waals surface area contributed by atoms with Gasteiger partial charge in [0.2, 0.25) is 5.91 Å². The van der Waals surface area contributed by atoms with Crippen molar-refractivity contribution in [3.05, 3.63) is 89.0 Å². The van der Waals surface area contributed by atoms with Crippen molar-refractivity contribution in [1.29, 1.82) is 0 Å². The van der Waals surface area contributed by atoms with Crippen molar-refractivity contribution in [3.8, 4) is 0 Å². The number of amides is 2. The van der Waals surface area contributed by atoms with E-state index in [1.807, 2.05) is 0 Å². The number of rotatable bonds is 5. The van der Waals surface area contributed by atoms with Gasteiger partial charge in [-0.1, -0.05) is 12.1 Å². The number of carbonyl (C=O) groups is 2. The summed E-state index contributed by atoms with van der Waals surface area (Å²) in [4.78, 5) is 32.5. The van der Waals surface area contributed by atoms with Gasteiger partial charge in [0, 0.05) is 41.0 Å². The van der Waals surface area contributed by atoms with Crippen molar-refractivity contribution in [2.75, 3.05) is 10.6 Å². The summed E-state index contributed by atoms with van der Waals surface area (Å²) in [5.74, 6) is -1.03. The fourth-order valence-corrected chi connectivity index (χ4v) is 2.85. The highest BCUT2D eigenvalue weighted by Crippen LogP contribution is 2.33. The van der Waals surface area contributed by atoms with Crippen LogP contribution >= 0.6 is 0 Å². The molecule has 0 fully saturated rings. The van der Waals surface area contributed by atoms with Crippen LogP contribution in [0.15, 0.2) is 61.2 Å². The van der Waals surface area contributed by atoms with Crippen LogP contribution in [-0.2, 0) is 11.0 Å². The highest BCUT2D eigenvalue weighted by molar-refractivity contribution is 6.07. The van der Waals surface area contributed by atoms with Crippen LogP contribution in [0.3, 0.4) is 0 Å². The van der Waals surface area contributed by atoms with Gasteiger partial charge < -0.3 is 10.6 Å². The van der Waals surface area contributed by atoms with Gasteiger partial charge in [-0.25, -0.2) is 9.97 Å². The second kappa shape index (κ2) is 9.42. The third-order valence-electron chi connectivity index (χ3n) is 4.57. The molecule has 1 heterocycles. The van der Waals surface area contributed by atoms with Gasteiger partial charge in [-0.3, -0.25) is 9.59 Å². The Morgan fingerprint density at radius 1 is 0.938 bits per heavy atom. The summed E-state index contributed by atoms with van der Waals surface area (Å²) in [6, 6.07) is 8.20. The molecule has 0 spiro atoms. The molecule has 0 saturated heterocycles. The largest absolute Gasteiger partial charge is 0.416 e. The second-order valence-electron chi connectivity index (χ2n) is 7.01. The average molecular weight is 440 g/mol. The minimum atomic E-state index is -4.52. The lowest BCUT2D eigenvalue weighted by Crippen LogP contribution is -2.15. The molecular formula is C23H19F3N4O2. The maximum absolute atomic E-state index is 13.1. The topological polar surface area (TPSA) is 84.0 Å². The van der Waals surface area contributed by atoms with E-state index < -0.39 is 23.6 Å². The predicted molar refractivity (Wildman–Crippen MR) is 115 cm³/mol. The van der Waals surface area contributed by atoms with Gasteiger partial charge in [0.05, 0.1) is 5.56 Å². The highest BCUT2D eigenvalue weighted by Gasteiger charge is 2.32. The van der Waals surface area contributed by atoms with Gasteiger partial charge in [0.15, 0.2) is 0 Å². The molecule has 164 valence electrons. The zero-order chi connectivity index (χ0) is 23.3. The van der Waals surface area contributed by atoms with Crippen molar-refractivity contribution < 1.29 is 22.8 Å². The Morgan fingerprint density at radius 3 is 2.31 bits per heavy atom. The molecule has 0 aliphatic rings. The molecule has 2 aromatic carbocycles. The minimum Gasteiger partial charge on any atom is -0.322 e. The molecule has 2 amide bonds. The van der Waals surface area contributed by atoms with E-state index in [2.05, 4.69) is 20.6 Å². The van der Waals surface area contributed by atoms with Gasteiger partial charge in [-0.15, -0.1) is 0 Å². The van der Waals surface area contributed by atoms with Gasteiger partial charge in [-0.05, 0) is 55.3 Å². The first-order valence-electron chi connectivity index (χ1n) is 9.47. The van der Waals surface area contributed by atoms with Crippen molar-refractivity contribution in [1.82, 2.24) is 9.97 Å². The van der Waals surface area contributed by atoms with E-state index >= 15 is 0 Å². The number of hydrogen-bond donors (Lipinski definition) is 2. The van der Waals surface area contributed by atoms with E-state index in [9.17, 15) is 22.8 Å². The number of aromatic nitrogens is 2. The molecule has 0 unspecified atom stereocenters. The number of aryl methyl sites for hydroxylation is 2. The molecule has 0 radical (unpaired) electrons. The van der Waals surface area contributed by atoms with Gasteiger partial charge in [0.1, 0.15) is 6.33 Å². The Bertz CT molecular complexity index is 1180. The highest BCUT2D eigenvalue weighted by atomic mass is 19.4. The van der Waals surface area contributed by atoms with Gasteiger partial charge in [-0.2, -0.15) is 13.2 Å². The predicted octanol–water partition coefficient (Wildman–Crippen LogP) is 5.02. The summed E-state index contributed by atoms with van der Waals surface area (Å²) >= 11 is 0. The zero-order valence-corrected chi connectivity index (χ0v) is 17.2. The Labute approximate surface area is 182 Å². The Kier molecular flexibility index (Phi) is 6.67. The Morgan fingerprint density at radius 2 is 1.62 bits per heavy atom. The fourth-order valence-electron chi connectivity index (χ4n) is 2.85. The molecule has 6 nitrogen and oxygen atoms in total. The van der Waals surface area contributed by atoms with Gasteiger partial charge >= 0.3 is 6.18 Å². The van der Waals surface area contributed by atoms with Crippen LogP contribution in [0.5, 0.6) is 0 Å². The number of benzene rings is 2. The molecule has 2 N–H and O–H groups in total. The zero-order valence-electron chi connectivity index (χ0n) is 17.2. The standard InChI is InChI=1S/C23H19F3N4O2/c1-14-4-7-18(10-19(14)23(24,25)26)29-22(32)17-6-3-15(2)20(9-17)30-21(31)8-5-16-11-27-13-28-12-16/h3-13H,1-2H3,(H,29,32)(H,30,31)/b8-5+. The van der Waals surface area contributed by atoms with Gasteiger partial charge in [0.25, 0.3) is 5.91 Å². The summed E-state index contributed by atoms with van der Waals surface area (Å²) < 4.78 is 39.3. The first-order chi connectivity index (χ1) is 15.1. The lowest BCUT2D eigenvalue weighted by molar-refractivity contribution is -0.138. The molecule has 0 saturated carbocycles. The van der Waals surface area contributed by atoms with E-state index in [-0.39, 0.29) is 16.8 Å². The number of anilines is 2. The molecule has 3 aromatic rings. The quantitative estimate of drug-likeness (QED) is 0.546. The average Bonchev–Trinajstić information content (AvgIpc) is 2.75. The maximum atomic E-state index is 13.1. The molecule has 3 rings (SSSR count). The van der Waals surface area contributed by atoms with Crippen LogP contribution in [-0.4, -0.2) is 21.8 Å². The summed E-state index contributed by atoms with van der Waals surface area (Å²) in [5.41, 5.74) is 1.20. The Balaban J connectivity index is 1.74. The number of alkyl halides is 3. The van der Waals surface area contributed by atoms with Crippen LogP contribution in [0.4, 0.5) is 24.5 Å². The Hall–Kier alpha value is -4.01. The molecule has 0 aliphatic carbocycles. The maximum Gasteiger partial charge on any atom is 0.416 e. The third kappa shape index (κ3) is 5.78. The summed E-state index contributed by atoms with van der Waals surface area (Å²) in [6.45, 7) is 3.10. The van der Waals surface area contributed by atoms with E-state index in [0.717, 1.165) is 6.07 Å². The molecule has 32 heavy (non-hydrogen) atoms. The summed E-state index contributed by atoms with van der Waals surface area (Å²) in [7, 11) is 0.